The van der Waals surface area contributed by atoms with Gasteiger partial charge in [-0.05, 0) is 58.0 Å². The van der Waals surface area contributed by atoms with Crippen molar-refractivity contribution in [2.24, 2.45) is 0 Å². The Kier molecular flexibility index (Phi) is 5.90. The van der Waals surface area contributed by atoms with Crippen LogP contribution in [0.25, 0.3) is 11.5 Å². The highest BCUT2D eigenvalue weighted by atomic mass is 35.5. The Morgan fingerprint density at radius 2 is 1.82 bits per heavy atom. The van der Waals surface area contributed by atoms with Crippen LogP contribution in [0.3, 0.4) is 0 Å². The van der Waals surface area contributed by atoms with Gasteiger partial charge >= 0.3 is 5.97 Å². The van der Waals surface area contributed by atoms with E-state index in [1.807, 2.05) is 6.92 Å². The smallest absolute Gasteiger partial charge is 0.343 e. The van der Waals surface area contributed by atoms with Gasteiger partial charge in [0.2, 0.25) is 5.78 Å². The van der Waals surface area contributed by atoms with E-state index in [1.165, 1.54) is 28.9 Å². The van der Waals surface area contributed by atoms with Crippen LogP contribution in [0.1, 0.15) is 43.6 Å². The minimum Gasteiger partial charge on any atom is -0.454 e. The lowest BCUT2D eigenvalue weighted by atomic mass is 10.1. The van der Waals surface area contributed by atoms with E-state index in [0.717, 1.165) is 5.69 Å². The molecule has 3 heterocycles. The summed E-state index contributed by atoms with van der Waals surface area (Å²) in [6.07, 6.45) is 0. The fourth-order valence-electron chi connectivity index (χ4n) is 3.62. The Balaban J connectivity index is 1.52. The number of nitrogens with zero attached hydrogens (tertiary/aromatic N) is 4. The molecule has 0 atom stereocenters. The van der Waals surface area contributed by atoms with E-state index >= 15 is 0 Å². The number of rotatable bonds is 6. The maximum Gasteiger partial charge on any atom is 0.343 e. The van der Waals surface area contributed by atoms with Crippen molar-refractivity contribution in [1.29, 1.82) is 0 Å². The second-order valence-electron chi connectivity index (χ2n) is 7.55. The Bertz CT molecular complexity index is 1370. The molecule has 4 aromatic rings. The molecule has 0 spiro atoms. The van der Waals surface area contributed by atoms with Crippen LogP contribution in [-0.2, 0) is 4.74 Å². The van der Waals surface area contributed by atoms with Gasteiger partial charge in [0.25, 0.3) is 0 Å². The van der Waals surface area contributed by atoms with Gasteiger partial charge in [0.05, 0.1) is 11.4 Å². The van der Waals surface area contributed by atoms with Gasteiger partial charge in [-0.3, -0.25) is 9.36 Å². The molecule has 0 aliphatic rings. The number of ketones is 1. The number of hydrogen-bond donors (Lipinski definition) is 0. The molecular formula is C23H20ClFN4O4. The van der Waals surface area contributed by atoms with Gasteiger partial charge in [-0.25, -0.2) is 13.9 Å². The number of hydrogen-bond acceptors (Lipinski definition) is 6. The first kappa shape index (κ1) is 22.5. The number of halogens is 2. The van der Waals surface area contributed by atoms with E-state index in [0.29, 0.717) is 34.2 Å². The third kappa shape index (κ3) is 4.19. The van der Waals surface area contributed by atoms with Crippen LogP contribution < -0.4 is 0 Å². The molecule has 1 aromatic carbocycles. The van der Waals surface area contributed by atoms with Crippen LogP contribution in [-0.4, -0.2) is 37.9 Å². The van der Waals surface area contributed by atoms with E-state index < -0.39 is 18.4 Å². The highest BCUT2D eigenvalue weighted by molar-refractivity contribution is 6.33. The highest BCUT2D eigenvalue weighted by Crippen LogP contribution is 2.25. The van der Waals surface area contributed by atoms with Gasteiger partial charge in [0.1, 0.15) is 22.3 Å². The van der Waals surface area contributed by atoms with Crippen LogP contribution in [0.5, 0.6) is 0 Å². The van der Waals surface area contributed by atoms with E-state index in [-0.39, 0.29) is 16.5 Å². The molecule has 4 rings (SSSR count). The van der Waals surface area contributed by atoms with Crippen molar-refractivity contribution >= 4 is 23.4 Å². The van der Waals surface area contributed by atoms with Crippen molar-refractivity contribution in [3.63, 3.8) is 0 Å². The third-order valence-corrected chi connectivity index (χ3v) is 5.54. The zero-order valence-electron chi connectivity index (χ0n) is 18.3. The average molecular weight is 471 g/mol. The van der Waals surface area contributed by atoms with Crippen LogP contribution in [0, 0.1) is 33.5 Å². The summed E-state index contributed by atoms with van der Waals surface area (Å²) in [6, 6.07) is 8.96. The van der Waals surface area contributed by atoms with Gasteiger partial charge in [-0.15, -0.1) is 0 Å². The van der Waals surface area contributed by atoms with E-state index in [4.69, 9.17) is 20.9 Å². The predicted molar refractivity (Wildman–Crippen MR) is 118 cm³/mol. The first-order chi connectivity index (χ1) is 15.7. The number of benzene rings is 1. The Labute approximate surface area is 193 Å². The zero-order valence-corrected chi connectivity index (χ0v) is 19.1. The molecule has 0 amide bonds. The quantitative estimate of drug-likeness (QED) is 0.299. The zero-order chi connectivity index (χ0) is 23.9. The Morgan fingerprint density at radius 3 is 2.45 bits per heavy atom. The molecule has 10 heteroatoms. The number of carbonyl (C=O) groups is 2. The minimum absolute atomic E-state index is 0.0103. The second kappa shape index (κ2) is 8.67. The molecule has 0 fully saturated rings. The van der Waals surface area contributed by atoms with Crippen LogP contribution in [0.2, 0.25) is 5.15 Å². The average Bonchev–Trinajstić information content (AvgIpc) is 3.41. The summed E-state index contributed by atoms with van der Waals surface area (Å²) in [5.41, 5.74) is 2.69. The summed E-state index contributed by atoms with van der Waals surface area (Å²) in [5, 5.41) is 8.24. The third-order valence-electron chi connectivity index (χ3n) is 5.19. The van der Waals surface area contributed by atoms with Crippen LogP contribution >= 0.6 is 11.6 Å². The van der Waals surface area contributed by atoms with Crippen molar-refractivity contribution in [3.05, 3.63) is 81.3 Å². The van der Waals surface area contributed by atoms with Crippen LogP contribution in [0.4, 0.5) is 4.39 Å². The number of esters is 1. The predicted octanol–water partition coefficient (Wildman–Crippen LogP) is 4.72. The summed E-state index contributed by atoms with van der Waals surface area (Å²) >= 11 is 6.35. The summed E-state index contributed by atoms with van der Waals surface area (Å²) < 4.78 is 26.7. The van der Waals surface area contributed by atoms with Crippen molar-refractivity contribution in [1.82, 2.24) is 19.5 Å². The number of carbonyl (C=O) groups excluding carboxylic acids is 2. The number of aryl methyl sites for hydroxylation is 3. The molecule has 0 bridgehead atoms. The van der Waals surface area contributed by atoms with Gasteiger partial charge in [0, 0.05) is 23.0 Å². The Hall–Kier alpha value is -3.72. The first-order valence-corrected chi connectivity index (χ1v) is 10.4. The fourth-order valence-corrected chi connectivity index (χ4v) is 3.97. The molecule has 33 heavy (non-hydrogen) atoms. The lowest BCUT2D eigenvalue weighted by Crippen LogP contribution is -2.15. The summed E-state index contributed by atoms with van der Waals surface area (Å²) in [7, 11) is 0. The molecule has 8 nitrogen and oxygen atoms in total. The van der Waals surface area contributed by atoms with E-state index in [1.54, 1.807) is 37.5 Å². The number of ether oxygens (including phenoxy) is 1. The molecule has 0 unspecified atom stereocenters. The summed E-state index contributed by atoms with van der Waals surface area (Å²) in [6.45, 7) is 6.52. The maximum absolute atomic E-state index is 13.2. The van der Waals surface area contributed by atoms with Gasteiger partial charge in [-0.2, -0.15) is 5.10 Å². The molecule has 0 radical (unpaired) electrons. The van der Waals surface area contributed by atoms with Gasteiger partial charge in [0.15, 0.2) is 12.4 Å². The standard InChI is InChI=1S/C23H20ClFN4O4/c1-12-9-18(15(4)28(12)20-10-13(2)33-27-20)19(30)11-32-23(31)21-14(3)26-29(22(21)24)17-7-5-16(25)6-8-17/h5-10H,11H2,1-4H3. The molecule has 0 saturated carbocycles. The van der Waals surface area contributed by atoms with Gasteiger partial charge in [-0.1, -0.05) is 16.8 Å². The highest BCUT2D eigenvalue weighted by Gasteiger charge is 2.25. The monoisotopic (exact) mass is 470 g/mol. The SMILES string of the molecule is Cc1cc(-n2c(C)cc(C(=O)COC(=O)c3c(C)nn(-c4ccc(F)cc4)c3Cl)c2C)no1. The molecule has 0 N–H and O–H groups in total. The summed E-state index contributed by atoms with van der Waals surface area (Å²) in [4.78, 5) is 25.5. The van der Waals surface area contributed by atoms with E-state index in [9.17, 15) is 14.0 Å². The van der Waals surface area contributed by atoms with Crippen molar-refractivity contribution in [3.8, 4) is 11.5 Å². The largest absolute Gasteiger partial charge is 0.454 e. The van der Waals surface area contributed by atoms with Crippen molar-refractivity contribution in [2.45, 2.75) is 27.7 Å². The minimum atomic E-state index is -0.778. The molecule has 0 aliphatic heterocycles. The van der Waals surface area contributed by atoms with Crippen molar-refractivity contribution < 1.29 is 23.2 Å². The molecule has 3 aromatic heterocycles. The second-order valence-corrected chi connectivity index (χ2v) is 7.91. The molecule has 170 valence electrons. The lowest BCUT2D eigenvalue weighted by Gasteiger charge is -2.06. The Morgan fingerprint density at radius 1 is 1.12 bits per heavy atom. The fraction of sp³-hybridized carbons (Fsp3) is 0.217. The molecule has 0 aliphatic carbocycles. The number of aromatic nitrogens is 4. The van der Waals surface area contributed by atoms with E-state index in [2.05, 4.69) is 10.3 Å². The summed E-state index contributed by atoms with van der Waals surface area (Å²) in [5.74, 6) is -0.348. The first-order valence-electron chi connectivity index (χ1n) is 10.0. The number of Topliss-reactive ketones (excluding diaryl/α,β-unsaturated/α-hetero) is 1. The lowest BCUT2D eigenvalue weighted by molar-refractivity contribution is 0.0474. The topological polar surface area (TPSA) is 92.2 Å². The van der Waals surface area contributed by atoms with Gasteiger partial charge < -0.3 is 9.26 Å². The normalized spacial score (nSPS) is 11.1. The molecular weight excluding hydrogens is 451 g/mol. The molecule has 0 saturated heterocycles. The van der Waals surface area contributed by atoms with Crippen molar-refractivity contribution in [2.75, 3.05) is 6.61 Å². The maximum atomic E-state index is 13.2. The van der Waals surface area contributed by atoms with Crippen LogP contribution in [0.15, 0.2) is 40.9 Å².